The predicted octanol–water partition coefficient (Wildman–Crippen LogP) is 0.914. The molecule has 3 N–H and O–H groups in total. The van der Waals surface area contributed by atoms with E-state index >= 15 is 0 Å². The summed E-state index contributed by atoms with van der Waals surface area (Å²) in [6, 6.07) is 0. The van der Waals surface area contributed by atoms with Crippen LogP contribution in [-0.4, -0.2) is 39.3 Å². The summed E-state index contributed by atoms with van der Waals surface area (Å²) < 4.78 is 0. The Morgan fingerprint density at radius 3 is 2.82 bits per heavy atom. The van der Waals surface area contributed by atoms with E-state index in [4.69, 9.17) is 10.2 Å². The Morgan fingerprint density at radius 2 is 2.29 bits per heavy atom. The zero-order valence-corrected chi connectivity index (χ0v) is 9.97. The molecule has 6 nitrogen and oxygen atoms in total. The Labute approximate surface area is 99.7 Å². The predicted molar refractivity (Wildman–Crippen MR) is 63.1 cm³/mol. The number of nitrogens with one attached hydrogen (secondary N) is 1. The lowest BCUT2D eigenvalue weighted by Gasteiger charge is -2.11. The zero-order valence-electron chi connectivity index (χ0n) is 9.97. The number of anilines is 1. The van der Waals surface area contributed by atoms with Gasteiger partial charge in [-0.1, -0.05) is 6.92 Å². The van der Waals surface area contributed by atoms with Gasteiger partial charge >= 0.3 is 5.97 Å². The molecule has 1 heterocycles. The number of rotatable bonds is 6. The van der Waals surface area contributed by atoms with Gasteiger partial charge in [0, 0.05) is 19.3 Å². The second-order valence-corrected chi connectivity index (χ2v) is 4.00. The van der Waals surface area contributed by atoms with E-state index in [2.05, 4.69) is 15.3 Å². The molecule has 0 saturated carbocycles. The van der Waals surface area contributed by atoms with Gasteiger partial charge in [0.2, 0.25) is 5.95 Å². The van der Waals surface area contributed by atoms with Gasteiger partial charge in [0.05, 0.1) is 11.3 Å². The number of nitrogens with zero attached hydrogens (tertiary/aromatic N) is 2. The number of hydrogen-bond acceptors (Lipinski definition) is 5. The molecule has 0 radical (unpaired) electrons. The third-order valence-electron chi connectivity index (χ3n) is 2.44. The van der Waals surface area contributed by atoms with E-state index in [9.17, 15) is 4.79 Å². The summed E-state index contributed by atoms with van der Waals surface area (Å²) >= 11 is 0. The van der Waals surface area contributed by atoms with Gasteiger partial charge in [-0.3, -0.25) is 0 Å². The molecule has 0 fully saturated rings. The fraction of sp³-hybridized carbons (Fsp3) is 0.545. The molecule has 17 heavy (non-hydrogen) atoms. The third-order valence-corrected chi connectivity index (χ3v) is 2.44. The molecule has 1 aromatic rings. The van der Waals surface area contributed by atoms with Gasteiger partial charge < -0.3 is 15.5 Å². The lowest BCUT2D eigenvalue weighted by atomic mass is 10.1. The van der Waals surface area contributed by atoms with Crippen molar-refractivity contribution >= 4 is 11.9 Å². The molecule has 0 spiro atoms. The first-order valence-corrected chi connectivity index (χ1v) is 5.46. The van der Waals surface area contributed by atoms with Gasteiger partial charge in [-0.25, -0.2) is 14.8 Å². The molecule has 1 unspecified atom stereocenters. The first-order chi connectivity index (χ1) is 8.04. The zero-order chi connectivity index (χ0) is 12.8. The first-order valence-electron chi connectivity index (χ1n) is 5.46. The van der Waals surface area contributed by atoms with Crippen molar-refractivity contribution in [3.05, 3.63) is 17.5 Å². The lowest BCUT2D eigenvalue weighted by Crippen LogP contribution is -2.15. The molecule has 0 aromatic carbocycles. The van der Waals surface area contributed by atoms with Gasteiger partial charge in [-0.05, 0) is 19.3 Å². The minimum atomic E-state index is -1.03. The van der Waals surface area contributed by atoms with Gasteiger partial charge in [0.25, 0.3) is 0 Å². The van der Waals surface area contributed by atoms with Crippen LogP contribution in [0.3, 0.4) is 0 Å². The Hall–Kier alpha value is -1.69. The average Bonchev–Trinajstić information content (AvgIpc) is 2.26. The number of aliphatic hydroxyl groups excluding tert-OH is 1. The molecule has 6 heteroatoms. The van der Waals surface area contributed by atoms with E-state index in [1.807, 2.05) is 6.92 Å². The molecule has 1 aromatic heterocycles. The topological polar surface area (TPSA) is 95.3 Å². The van der Waals surface area contributed by atoms with Gasteiger partial charge in [0.1, 0.15) is 0 Å². The number of carboxylic acids is 1. The van der Waals surface area contributed by atoms with Crippen LogP contribution in [0.2, 0.25) is 0 Å². The van der Waals surface area contributed by atoms with Crippen molar-refractivity contribution < 1.29 is 15.0 Å². The smallest absolute Gasteiger partial charge is 0.339 e. The maximum absolute atomic E-state index is 10.8. The average molecular weight is 239 g/mol. The number of carbonyl (C=O) groups is 1. The van der Waals surface area contributed by atoms with E-state index < -0.39 is 5.97 Å². The van der Waals surface area contributed by atoms with Crippen LogP contribution in [0.1, 0.15) is 29.4 Å². The largest absolute Gasteiger partial charge is 0.478 e. The van der Waals surface area contributed by atoms with Gasteiger partial charge in [0.15, 0.2) is 0 Å². The van der Waals surface area contributed by atoms with Crippen LogP contribution in [0.4, 0.5) is 5.95 Å². The minimum Gasteiger partial charge on any atom is -0.478 e. The molecule has 0 aliphatic carbocycles. The molecule has 0 saturated heterocycles. The summed E-state index contributed by atoms with van der Waals surface area (Å²) in [6.45, 7) is 4.43. The van der Waals surface area contributed by atoms with Crippen molar-refractivity contribution in [3.8, 4) is 0 Å². The number of aliphatic hydroxyl groups is 1. The Morgan fingerprint density at radius 1 is 1.59 bits per heavy atom. The highest BCUT2D eigenvalue weighted by atomic mass is 16.4. The van der Waals surface area contributed by atoms with Crippen LogP contribution in [-0.2, 0) is 0 Å². The van der Waals surface area contributed by atoms with Crippen LogP contribution >= 0.6 is 0 Å². The second-order valence-electron chi connectivity index (χ2n) is 4.00. The summed E-state index contributed by atoms with van der Waals surface area (Å²) in [5, 5.41) is 20.6. The minimum absolute atomic E-state index is 0.110. The van der Waals surface area contributed by atoms with Crippen molar-refractivity contribution in [2.45, 2.75) is 20.3 Å². The number of hydrogen-bond donors (Lipinski definition) is 3. The van der Waals surface area contributed by atoms with Crippen LogP contribution in [0.15, 0.2) is 6.20 Å². The first kappa shape index (κ1) is 13.4. The molecular weight excluding hydrogens is 222 g/mol. The normalized spacial score (nSPS) is 12.2. The Balaban J connectivity index is 2.62. The number of aryl methyl sites for hydroxylation is 1. The molecular formula is C11H17N3O3. The van der Waals surface area contributed by atoms with E-state index in [0.29, 0.717) is 30.5 Å². The van der Waals surface area contributed by atoms with Gasteiger partial charge in [-0.2, -0.15) is 0 Å². The molecule has 0 aliphatic rings. The number of carboxylic acid groups (broad SMARTS) is 1. The van der Waals surface area contributed by atoms with Crippen molar-refractivity contribution in [3.63, 3.8) is 0 Å². The monoisotopic (exact) mass is 239 g/mol. The third kappa shape index (κ3) is 3.99. The van der Waals surface area contributed by atoms with E-state index in [1.54, 1.807) is 6.92 Å². The van der Waals surface area contributed by atoms with Crippen molar-refractivity contribution in [2.24, 2.45) is 5.92 Å². The molecule has 1 atom stereocenters. The number of aromatic nitrogens is 2. The van der Waals surface area contributed by atoms with Gasteiger partial charge in [-0.15, -0.1) is 0 Å². The summed E-state index contributed by atoms with van der Waals surface area (Å²) in [5.74, 6) is -0.303. The fourth-order valence-electron chi connectivity index (χ4n) is 1.35. The second kappa shape index (κ2) is 6.15. The Bertz CT molecular complexity index is 396. The highest BCUT2D eigenvalue weighted by Gasteiger charge is 2.10. The van der Waals surface area contributed by atoms with Crippen molar-refractivity contribution in [1.29, 1.82) is 0 Å². The maximum atomic E-state index is 10.8. The molecule has 0 aliphatic heterocycles. The summed E-state index contributed by atoms with van der Waals surface area (Å²) in [4.78, 5) is 18.7. The fourth-order valence-corrected chi connectivity index (χ4v) is 1.35. The summed E-state index contributed by atoms with van der Waals surface area (Å²) in [6.07, 6.45) is 2.00. The SMILES string of the molecule is Cc1nc(NCC(C)CCO)ncc1C(=O)O. The van der Waals surface area contributed by atoms with Crippen LogP contribution in [0.5, 0.6) is 0 Å². The standard InChI is InChI=1S/C11H17N3O3/c1-7(3-4-15)5-12-11-13-6-9(10(16)17)8(2)14-11/h6-7,15H,3-5H2,1-2H3,(H,16,17)(H,12,13,14). The molecule has 0 bridgehead atoms. The van der Waals surface area contributed by atoms with Crippen LogP contribution in [0.25, 0.3) is 0 Å². The lowest BCUT2D eigenvalue weighted by molar-refractivity contribution is 0.0695. The summed E-state index contributed by atoms with van der Waals surface area (Å²) in [7, 11) is 0. The van der Waals surface area contributed by atoms with Crippen molar-refractivity contribution in [1.82, 2.24) is 9.97 Å². The Kier molecular flexibility index (Phi) is 4.84. The van der Waals surface area contributed by atoms with E-state index in [0.717, 1.165) is 0 Å². The van der Waals surface area contributed by atoms with E-state index in [1.165, 1.54) is 6.20 Å². The maximum Gasteiger partial charge on any atom is 0.339 e. The molecule has 1 rings (SSSR count). The van der Waals surface area contributed by atoms with E-state index in [-0.39, 0.29) is 12.2 Å². The molecule has 0 amide bonds. The summed E-state index contributed by atoms with van der Waals surface area (Å²) in [5.41, 5.74) is 0.545. The number of aromatic carboxylic acids is 1. The highest BCUT2D eigenvalue weighted by Crippen LogP contribution is 2.08. The van der Waals surface area contributed by atoms with Crippen LogP contribution in [0, 0.1) is 12.8 Å². The quantitative estimate of drug-likeness (QED) is 0.683. The highest BCUT2D eigenvalue weighted by molar-refractivity contribution is 5.88. The van der Waals surface area contributed by atoms with Crippen LogP contribution < -0.4 is 5.32 Å². The van der Waals surface area contributed by atoms with Crippen molar-refractivity contribution in [2.75, 3.05) is 18.5 Å². The molecule has 94 valence electrons.